The van der Waals surface area contributed by atoms with Gasteiger partial charge < -0.3 is 5.32 Å². The number of halogens is 2. The molecule has 0 radical (unpaired) electrons. The molecule has 1 aromatic heterocycles. The third-order valence-corrected chi connectivity index (χ3v) is 7.18. The average Bonchev–Trinajstić information content (AvgIpc) is 3.21. The number of amides is 1. The van der Waals surface area contributed by atoms with E-state index >= 15 is 0 Å². The minimum absolute atomic E-state index is 0.0292. The summed E-state index contributed by atoms with van der Waals surface area (Å²) in [6.07, 6.45) is -0.0292. The zero-order valence-corrected chi connectivity index (χ0v) is 16.9. The highest BCUT2D eigenvalue weighted by Crippen LogP contribution is 2.42. The van der Waals surface area contributed by atoms with E-state index in [1.54, 1.807) is 42.5 Å². The molecule has 0 bridgehead atoms. The molecular formula is C21H15ClFNO2S2. The van der Waals surface area contributed by atoms with Gasteiger partial charge in [0.1, 0.15) is 16.6 Å². The van der Waals surface area contributed by atoms with Gasteiger partial charge in [-0.05, 0) is 40.6 Å². The lowest BCUT2D eigenvalue weighted by Crippen LogP contribution is -2.58. The number of benzene rings is 2. The quantitative estimate of drug-likeness (QED) is 0.589. The first-order chi connectivity index (χ1) is 13.5. The maximum Gasteiger partial charge on any atom is 0.242 e. The van der Waals surface area contributed by atoms with E-state index in [-0.39, 0.29) is 17.8 Å². The Hall–Kier alpha value is -2.15. The highest BCUT2D eigenvalue weighted by Gasteiger charge is 2.48. The molecule has 7 heteroatoms. The Kier molecular flexibility index (Phi) is 5.27. The van der Waals surface area contributed by atoms with Crippen LogP contribution in [0.25, 0.3) is 0 Å². The molecular weight excluding hydrogens is 417 g/mol. The predicted molar refractivity (Wildman–Crippen MR) is 110 cm³/mol. The minimum Gasteiger partial charge on any atom is -0.340 e. The summed E-state index contributed by atoms with van der Waals surface area (Å²) in [4.78, 5) is 26.7. The number of rotatable bonds is 4. The van der Waals surface area contributed by atoms with Gasteiger partial charge in [-0.1, -0.05) is 41.9 Å². The second kappa shape index (κ2) is 7.70. The number of carbonyl (C=O) groups is 2. The molecule has 1 fully saturated rings. The molecule has 0 spiro atoms. The van der Waals surface area contributed by atoms with Gasteiger partial charge in [-0.15, -0.1) is 11.8 Å². The number of ketones is 1. The molecule has 2 aromatic carbocycles. The molecule has 28 heavy (non-hydrogen) atoms. The van der Waals surface area contributed by atoms with Crippen LogP contribution in [-0.2, 0) is 15.1 Å². The summed E-state index contributed by atoms with van der Waals surface area (Å²) in [5.74, 6) is -1.17. The fourth-order valence-corrected chi connectivity index (χ4v) is 5.39. The lowest BCUT2D eigenvalue weighted by Gasteiger charge is -2.40. The van der Waals surface area contributed by atoms with Crippen LogP contribution < -0.4 is 5.32 Å². The fourth-order valence-electron chi connectivity index (χ4n) is 3.41. The predicted octanol–water partition coefficient (Wildman–Crippen LogP) is 5.03. The van der Waals surface area contributed by atoms with Crippen LogP contribution in [0.1, 0.15) is 17.5 Å². The van der Waals surface area contributed by atoms with Crippen molar-refractivity contribution in [1.29, 1.82) is 0 Å². The van der Waals surface area contributed by atoms with E-state index in [0.29, 0.717) is 15.5 Å². The van der Waals surface area contributed by atoms with E-state index in [4.69, 9.17) is 11.6 Å². The van der Waals surface area contributed by atoms with Gasteiger partial charge >= 0.3 is 0 Å². The van der Waals surface area contributed by atoms with Crippen LogP contribution in [-0.4, -0.2) is 16.9 Å². The smallest absolute Gasteiger partial charge is 0.242 e. The maximum absolute atomic E-state index is 14.7. The van der Waals surface area contributed by atoms with Crippen LogP contribution in [0.3, 0.4) is 0 Å². The van der Waals surface area contributed by atoms with Crippen molar-refractivity contribution in [3.63, 3.8) is 0 Å². The molecule has 2 heterocycles. The molecule has 1 aliphatic rings. The van der Waals surface area contributed by atoms with Crippen molar-refractivity contribution in [3.8, 4) is 0 Å². The fraction of sp³-hybridized carbons (Fsp3) is 0.143. The van der Waals surface area contributed by atoms with Gasteiger partial charge in [0.05, 0.1) is 5.02 Å². The number of thioether (sulfide) groups is 1. The van der Waals surface area contributed by atoms with Crippen molar-refractivity contribution in [2.24, 2.45) is 0 Å². The van der Waals surface area contributed by atoms with Crippen LogP contribution in [0, 0.1) is 5.82 Å². The summed E-state index contributed by atoms with van der Waals surface area (Å²) in [6, 6.07) is 15.1. The normalized spacial score (nSPS) is 22.1. The third kappa shape index (κ3) is 3.36. The number of Topliss-reactive ketones (excluding diaryl/α,β-unsaturated/α-hetero) is 1. The number of nitrogens with one attached hydrogen (secondary N) is 1. The van der Waals surface area contributed by atoms with Gasteiger partial charge in [-0.3, -0.25) is 9.59 Å². The molecule has 3 nitrogen and oxygen atoms in total. The van der Waals surface area contributed by atoms with Crippen LogP contribution in [0.15, 0.2) is 70.3 Å². The van der Waals surface area contributed by atoms with E-state index < -0.39 is 22.5 Å². The number of thiophene rings is 1. The van der Waals surface area contributed by atoms with Gasteiger partial charge in [0.25, 0.3) is 0 Å². The Morgan fingerprint density at radius 3 is 2.54 bits per heavy atom. The van der Waals surface area contributed by atoms with Crippen LogP contribution >= 0.6 is 34.7 Å². The number of hydrogen-bond donors (Lipinski definition) is 1. The first-order valence-electron chi connectivity index (χ1n) is 8.55. The van der Waals surface area contributed by atoms with Crippen molar-refractivity contribution >= 4 is 46.4 Å². The van der Waals surface area contributed by atoms with Crippen molar-refractivity contribution in [1.82, 2.24) is 5.32 Å². The standard InChI is InChI=1S/C21H15ClFNO2S2/c22-15-6-2-4-8-18(15)28-19-17(25)11-21(24-20(19)26,13-9-10-27-12-13)14-5-1-3-7-16(14)23/h1-10,12,19H,11H2,(H,24,26). The molecule has 2 unspecified atom stereocenters. The number of hydrogen-bond acceptors (Lipinski definition) is 4. The van der Waals surface area contributed by atoms with E-state index in [9.17, 15) is 14.0 Å². The molecule has 142 valence electrons. The largest absolute Gasteiger partial charge is 0.340 e. The highest BCUT2D eigenvalue weighted by molar-refractivity contribution is 8.01. The highest BCUT2D eigenvalue weighted by atomic mass is 35.5. The van der Waals surface area contributed by atoms with Gasteiger partial charge in [-0.2, -0.15) is 11.3 Å². The van der Waals surface area contributed by atoms with Gasteiger partial charge in [0, 0.05) is 16.9 Å². The molecule has 0 aliphatic carbocycles. The Morgan fingerprint density at radius 2 is 1.86 bits per heavy atom. The Labute approximate surface area is 174 Å². The zero-order chi connectivity index (χ0) is 19.7. The lowest BCUT2D eigenvalue weighted by atomic mass is 9.77. The van der Waals surface area contributed by atoms with E-state index in [1.165, 1.54) is 17.4 Å². The summed E-state index contributed by atoms with van der Waals surface area (Å²) in [7, 11) is 0. The van der Waals surface area contributed by atoms with Crippen molar-refractivity contribution in [2.75, 3.05) is 0 Å². The van der Waals surface area contributed by atoms with Crippen molar-refractivity contribution < 1.29 is 14.0 Å². The summed E-state index contributed by atoms with van der Waals surface area (Å²) >= 11 is 8.73. The third-order valence-electron chi connectivity index (χ3n) is 4.74. The monoisotopic (exact) mass is 431 g/mol. The van der Waals surface area contributed by atoms with Gasteiger partial charge in [0.15, 0.2) is 5.78 Å². The molecule has 1 amide bonds. The first-order valence-corrected chi connectivity index (χ1v) is 10.7. The molecule has 2 atom stereocenters. The minimum atomic E-state index is -1.21. The topological polar surface area (TPSA) is 46.2 Å². The maximum atomic E-state index is 14.7. The van der Waals surface area contributed by atoms with Crippen molar-refractivity contribution in [2.45, 2.75) is 22.1 Å². The average molecular weight is 432 g/mol. The van der Waals surface area contributed by atoms with Crippen molar-refractivity contribution in [3.05, 3.63) is 87.3 Å². The molecule has 1 aliphatic heterocycles. The SMILES string of the molecule is O=C1CC(c2ccsc2)(c2ccccc2F)NC(=O)C1Sc1ccccc1Cl. The molecule has 3 aromatic rings. The van der Waals surface area contributed by atoms with E-state index in [2.05, 4.69) is 5.32 Å². The molecule has 1 saturated heterocycles. The first kappa shape index (κ1) is 19.2. The Morgan fingerprint density at radius 1 is 1.11 bits per heavy atom. The second-order valence-corrected chi connectivity index (χ2v) is 8.79. The molecule has 1 N–H and O–H groups in total. The zero-order valence-electron chi connectivity index (χ0n) is 14.5. The lowest BCUT2D eigenvalue weighted by molar-refractivity contribution is -0.132. The Balaban J connectivity index is 1.73. The number of piperidine rings is 1. The summed E-state index contributed by atoms with van der Waals surface area (Å²) in [5.41, 5.74) is -0.223. The van der Waals surface area contributed by atoms with Crippen LogP contribution in [0.2, 0.25) is 5.02 Å². The van der Waals surface area contributed by atoms with E-state index in [1.807, 2.05) is 16.8 Å². The molecule has 4 rings (SSSR count). The van der Waals surface area contributed by atoms with Crippen LogP contribution in [0.5, 0.6) is 0 Å². The summed E-state index contributed by atoms with van der Waals surface area (Å²) in [5, 5.41) is 6.19. The summed E-state index contributed by atoms with van der Waals surface area (Å²) in [6.45, 7) is 0. The number of carbonyl (C=O) groups excluding carboxylic acids is 2. The molecule has 0 saturated carbocycles. The van der Waals surface area contributed by atoms with E-state index in [0.717, 1.165) is 11.8 Å². The Bertz CT molecular complexity index is 1020. The summed E-state index contributed by atoms with van der Waals surface area (Å²) < 4.78 is 14.7. The second-order valence-electron chi connectivity index (χ2n) is 6.46. The van der Waals surface area contributed by atoms with Crippen LogP contribution in [0.4, 0.5) is 4.39 Å². The van der Waals surface area contributed by atoms with Gasteiger partial charge in [0.2, 0.25) is 5.91 Å². The van der Waals surface area contributed by atoms with Gasteiger partial charge in [-0.25, -0.2) is 4.39 Å².